The zero-order chi connectivity index (χ0) is 12.5. The van der Waals surface area contributed by atoms with Gasteiger partial charge < -0.3 is 0 Å². The fourth-order valence-electron chi connectivity index (χ4n) is 2.47. The zero-order valence-corrected chi connectivity index (χ0v) is 11.0. The zero-order valence-electron chi connectivity index (χ0n) is 11.0. The maximum atomic E-state index is 4.69. The lowest BCUT2D eigenvalue weighted by Gasteiger charge is -2.17. The van der Waals surface area contributed by atoms with Crippen molar-refractivity contribution < 1.29 is 0 Å². The summed E-state index contributed by atoms with van der Waals surface area (Å²) in [5, 5.41) is 1.21. The van der Waals surface area contributed by atoms with Gasteiger partial charge in [0.15, 0.2) is 0 Å². The number of hydrogen-bond donors (Lipinski definition) is 0. The van der Waals surface area contributed by atoms with Gasteiger partial charge in [0.25, 0.3) is 0 Å². The van der Waals surface area contributed by atoms with Gasteiger partial charge in [-0.05, 0) is 48.9 Å². The predicted octanol–water partition coefficient (Wildman–Crippen LogP) is 3.76. The summed E-state index contributed by atoms with van der Waals surface area (Å²) >= 11 is 0. The number of nitrogens with zero attached hydrogens (tertiary/aromatic N) is 2. The second-order valence-corrected chi connectivity index (χ2v) is 5.35. The molecule has 0 aliphatic carbocycles. The highest BCUT2D eigenvalue weighted by atomic mass is 14.8. The maximum absolute atomic E-state index is 4.69. The van der Waals surface area contributed by atoms with Crippen molar-refractivity contribution in [1.82, 2.24) is 4.98 Å². The van der Waals surface area contributed by atoms with E-state index in [2.05, 4.69) is 43.1 Å². The number of pyridine rings is 1. The van der Waals surface area contributed by atoms with Crippen LogP contribution in [0.4, 0.5) is 0 Å². The van der Waals surface area contributed by atoms with Gasteiger partial charge in [-0.3, -0.25) is 9.98 Å². The molecule has 1 aliphatic heterocycles. The molecule has 0 radical (unpaired) electrons. The Labute approximate surface area is 108 Å². The molecule has 2 aromatic rings. The second kappa shape index (κ2) is 4.52. The van der Waals surface area contributed by atoms with E-state index in [1.165, 1.54) is 28.6 Å². The number of rotatable bonds is 1. The van der Waals surface area contributed by atoms with Crippen molar-refractivity contribution in [2.45, 2.75) is 26.7 Å². The van der Waals surface area contributed by atoms with Crippen LogP contribution >= 0.6 is 0 Å². The van der Waals surface area contributed by atoms with Crippen LogP contribution in [0.2, 0.25) is 0 Å². The van der Waals surface area contributed by atoms with E-state index in [9.17, 15) is 0 Å². The van der Waals surface area contributed by atoms with Crippen molar-refractivity contribution in [3.63, 3.8) is 0 Å². The van der Waals surface area contributed by atoms with Crippen LogP contribution in [-0.4, -0.2) is 17.2 Å². The third-order valence-corrected chi connectivity index (χ3v) is 3.62. The molecular weight excluding hydrogens is 220 g/mol. The molecule has 0 amide bonds. The molecule has 1 aliphatic rings. The van der Waals surface area contributed by atoms with E-state index in [4.69, 9.17) is 4.99 Å². The van der Waals surface area contributed by atoms with Crippen LogP contribution in [0, 0.1) is 12.8 Å². The summed E-state index contributed by atoms with van der Waals surface area (Å²) in [7, 11) is 0. The third kappa shape index (κ3) is 2.15. The van der Waals surface area contributed by atoms with Crippen LogP contribution in [0.3, 0.4) is 0 Å². The van der Waals surface area contributed by atoms with Gasteiger partial charge in [0.05, 0.1) is 5.52 Å². The fourth-order valence-corrected chi connectivity index (χ4v) is 2.47. The molecule has 2 nitrogen and oxygen atoms in total. The topological polar surface area (TPSA) is 25.2 Å². The Morgan fingerprint density at radius 2 is 2.11 bits per heavy atom. The van der Waals surface area contributed by atoms with E-state index in [0.717, 1.165) is 24.4 Å². The number of aryl methyl sites for hydroxylation is 1. The molecule has 1 aromatic heterocycles. The molecule has 18 heavy (non-hydrogen) atoms. The molecule has 2 heterocycles. The molecule has 0 spiro atoms. The average molecular weight is 238 g/mol. The first kappa shape index (κ1) is 11.4. The number of fused-ring (bicyclic) bond motifs is 1. The molecule has 0 N–H and O–H groups in total. The van der Waals surface area contributed by atoms with Crippen molar-refractivity contribution in [3.05, 3.63) is 41.6 Å². The molecule has 0 unspecified atom stereocenters. The minimum Gasteiger partial charge on any atom is -0.289 e. The SMILES string of the molecule is Cc1cnc2cc(C3=NC[C@@H](C)CC3)ccc2c1. The third-order valence-electron chi connectivity index (χ3n) is 3.62. The minimum atomic E-state index is 0.731. The average Bonchev–Trinajstić information content (AvgIpc) is 2.39. The van der Waals surface area contributed by atoms with Gasteiger partial charge >= 0.3 is 0 Å². The maximum Gasteiger partial charge on any atom is 0.0708 e. The monoisotopic (exact) mass is 238 g/mol. The molecule has 0 fully saturated rings. The highest BCUT2D eigenvalue weighted by Crippen LogP contribution is 2.21. The Morgan fingerprint density at radius 3 is 2.89 bits per heavy atom. The first-order valence-corrected chi connectivity index (χ1v) is 6.62. The minimum absolute atomic E-state index is 0.731. The van der Waals surface area contributed by atoms with Gasteiger partial charge in [0, 0.05) is 23.8 Å². The van der Waals surface area contributed by atoms with Gasteiger partial charge in [-0.2, -0.15) is 0 Å². The Morgan fingerprint density at radius 1 is 1.22 bits per heavy atom. The smallest absolute Gasteiger partial charge is 0.0708 e. The predicted molar refractivity (Wildman–Crippen MR) is 76.3 cm³/mol. The van der Waals surface area contributed by atoms with Crippen LogP contribution < -0.4 is 0 Å². The summed E-state index contributed by atoms with van der Waals surface area (Å²) in [6.45, 7) is 5.31. The number of aromatic nitrogens is 1. The Bertz CT molecular complexity index is 614. The molecule has 0 saturated carbocycles. The fraction of sp³-hybridized carbons (Fsp3) is 0.375. The summed E-state index contributed by atoms with van der Waals surface area (Å²) in [5.41, 5.74) is 4.77. The summed E-state index contributed by atoms with van der Waals surface area (Å²) in [5.74, 6) is 0.731. The standard InChI is InChI=1S/C16H18N2/c1-11-3-6-15(17-9-11)14-5-4-13-7-12(2)10-18-16(13)8-14/h4-5,7-8,10-11H,3,6,9H2,1-2H3/t11-/m0/s1. The van der Waals surface area contributed by atoms with Crippen molar-refractivity contribution in [3.8, 4) is 0 Å². The van der Waals surface area contributed by atoms with E-state index in [1.54, 1.807) is 0 Å². The van der Waals surface area contributed by atoms with Crippen LogP contribution in [0.1, 0.15) is 30.9 Å². The summed E-state index contributed by atoms with van der Waals surface area (Å²) < 4.78 is 0. The molecule has 3 rings (SSSR count). The summed E-state index contributed by atoms with van der Waals surface area (Å²) in [6.07, 6.45) is 4.27. The summed E-state index contributed by atoms with van der Waals surface area (Å²) in [6, 6.07) is 8.68. The molecule has 92 valence electrons. The molecule has 1 atom stereocenters. The van der Waals surface area contributed by atoms with Crippen molar-refractivity contribution in [2.75, 3.05) is 6.54 Å². The van der Waals surface area contributed by atoms with Gasteiger partial charge in [0.2, 0.25) is 0 Å². The first-order chi connectivity index (χ1) is 8.72. The van der Waals surface area contributed by atoms with E-state index in [0.29, 0.717) is 0 Å². The lowest BCUT2D eigenvalue weighted by atomic mass is 9.95. The molecular formula is C16H18N2. The molecule has 2 heteroatoms. The van der Waals surface area contributed by atoms with E-state index in [1.807, 2.05) is 6.20 Å². The quantitative estimate of drug-likeness (QED) is 0.742. The van der Waals surface area contributed by atoms with E-state index in [-0.39, 0.29) is 0 Å². The van der Waals surface area contributed by atoms with Crippen LogP contribution in [0.25, 0.3) is 10.9 Å². The normalized spacial score (nSPS) is 19.9. The van der Waals surface area contributed by atoms with Crippen molar-refractivity contribution >= 4 is 16.6 Å². The van der Waals surface area contributed by atoms with Crippen LogP contribution in [0.15, 0.2) is 35.5 Å². The lowest BCUT2D eigenvalue weighted by Crippen LogP contribution is -2.14. The number of benzene rings is 1. The Kier molecular flexibility index (Phi) is 2.86. The van der Waals surface area contributed by atoms with Gasteiger partial charge in [-0.15, -0.1) is 0 Å². The van der Waals surface area contributed by atoms with Crippen LogP contribution in [-0.2, 0) is 0 Å². The first-order valence-electron chi connectivity index (χ1n) is 6.62. The second-order valence-electron chi connectivity index (χ2n) is 5.35. The lowest BCUT2D eigenvalue weighted by molar-refractivity contribution is 0.538. The number of aliphatic imine (C=N–C) groups is 1. The Balaban J connectivity index is 2.01. The molecule has 0 saturated heterocycles. The largest absolute Gasteiger partial charge is 0.289 e. The van der Waals surface area contributed by atoms with Gasteiger partial charge in [-0.1, -0.05) is 19.1 Å². The summed E-state index contributed by atoms with van der Waals surface area (Å²) in [4.78, 5) is 9.19. The molecule has 1 aromatic carbocycles. The highest BCUT2D eigenvalue weighted by Gasteiger charge is 2.13. The van der Waals surface area contributed by atoms with Gasteiger partial charge in [0.1, 0.15) is 0 Å². The van der Waals surface area contributed by atoms with Crippen molar-refractivity contribution in [2.24, 2.45) is 10.9 Å². The highest BCUT2D eigenvalue weighted by molar-refractivity contribution is 6.03. The van der Waals surface area contributed by atoms with E-state index < -0.39 is 0 Å². The van der Waals surface area contributed by atoms with Gasteiger partial charge in [-0.25, -0.2) is 0 Å². The Hall–Kier alpha value is -1.70. The van der Waals surface area contributed by atoms with E-state index >= 15 is 0 Å². The number of hydrogen-bond acceptors (Lipinski definition) is 2. The van der Waals surface area contributed by atoms with Crippen LogP contribution in [0.5, 0.6) is 0 Å². The molecule has 0 bridgehead atoms. The van der Waals surface area contributed by atoms with Crippen molar-refractivity contribution in [1.29, 1.82) is 0 Å².